The van der Waals surface area contributed by atoms with Crippen molar-refractivity contribution in [3.63, 3.8) is 0 Å². The van der Waals surface area contributed by atoms with Gasteiger partial charge in [0.05, 0.1) is 0 Å². The van der Waals surface area contributed by atoms with E-state index >= 15 is 0 Å². The Morgan fingerprint density at radius 2 is 1.76 bits per heavy atom. The Morgan fingerprint density at radius 1 is 1.00 bits per heavy atom. The van der Waals surface area contributed by atoms with Gasteiger partial charge >= 0.3 is 6.36 Å². The van der Waals surface area contributed by atoms with E-state index in [0.29, 0.717) is 10.8 Å². The topological polar surface area (TPSA) is 33.3 Å². The molecule has 0 radical (unpaired) electrons. The monoisotopic (exact) mass is 366 g/mol. The van der Waals surface area contributed by atoms with Gasteiger partial charge in [0.25, 0.3) is 0 Å². The molecule has 0 heterocycles. The summed E-state index contributed by atoms with van der Waals surface area (Å²) in [5.41, 5.74) is 3.94. The molecule has 0 saturated heterocycles. The fraction of sp³-hybridized carbons (Fsp3) is 0.278. The molecule has 2 N–H and O–H groups in total. The maximum Gasteiger partial charge on any atom is 0.573 e. The minimum absolute atomic E-state index is 0.294. The number of thiocarbonyl (C=S) groups is 1. The normalized spacial score (nSPS) is 13.7. The van der Waals surface area contributed by atoms with Gasteiger partial charge in [-0.1, -0.05) is 18.2 Å². The standard InChI is InChI=1S/C18H17F3N2OS/c19-18(20,21)24-14-8-4-7-13(11-14)22-17(25)23-16-10-3-6-12-5-1-2-9-15(12)16/h3-4,6-8,10-11H,1-2,5,9H2,(H2,22,23,25). The molecule has 0 aromatic heterocycles. The number of alkyl halides is 3. The fourth-order valence-corrected chi connectivity index (χ4v) is 3.18. The SMILES string of the molecule is FC(F)(F)Oc1cccc(NC(=S)Nc2cccc3c2CCCC3)c1. The van der Waals surface area contributed by atoms with Gasteiger partial charge in [-0.2, -0.15) is 0 Å². The van der Waals surface area contributed by atoms with Crippen molar-refractivity contribution < 1.29 is 17.9 Å². The van der Waals surface area contributed by atoms with Crippen LogP contribution in [0.5, 0.6) is 5.75 Å². The molecule has 0 atom stereocenters. The minimum atomic E-state index is -4.72. The van der Waals surface area contributed by atoms with E-state index < -0.39 is 6.36 Å². The number of benzene rings is 2. The number of anilines is 2. The smallest absolute Gasteiger partial charge is 0.406 e. The second-order valence-corrected chi connectivity index (χ2v) is 6.21. The summed E-state index contributed by atoms with van der Waals surface area (Å²) in [5, 5.41) is 6.36. The maximum absolute atomic E-state index is 12.3. The predicted molar refractivity (Wildman–Crippen MR) is 96.1 cm³/mol. The average Bonchev–Trinajstić information content (AvgIpc) is 2.54. The number of halogens is 3. The van der Waals surface area contributed by atoms with E-state index in [4.69, 9.17) is 12.2 Å². The van der Waals surface area contributed by atoms with Crippen LogP contribution in [0, 0.1) is 0 Å². The lowest BCUT2D eigenvalue weighted by Gasteiger charge is -2.20. The Bertz CT molecular complexity index is 777. The zero-order valence-corrected chi connectivity index (χ0v) is 14.1. The molecular weight excluding hydrogens is 349 g/mol. The zero-order valence-electron chi connectivity index (χ0n) is 13.3. The molecule has 2 aromatic rings. The predicted octanol–water partition coefficient (Wildman–Crippen LogP) is 5.27. The van der Waals surface area contributed by atoms with E-state index in [-0.39, 0.29) is 5.75 Å². The van der Waals surface area contributed by atoms with Crippen LogP contribution in [-0.4, -0.2) is 11.5 Å². The van der Waals surface area contributed by atoms with Crippen molar-refractivity contribution in [1.82, 2.24) is 0 Å². The Kier molecular flexibility index (Phi) is 5.13. The molecule has 0 amide bonds. The van der Waals surface area contributed by atoms with E-state index in [0.717, 1.165) is 24.9 Å². The molecule has 3 rings (SSSR count). The van der Waals surface area contributed by atoms with Crippen molar-refractivity contribution >= 4 is 28.7 Å². The molecule has 0 spiro atoms. The lowest BCUT2D eigenvalue weighted by molar-refractivity contribution is -0.274. The quantitative estimate of drug-likeness (QED) is 0.725. The van der Waals surface area contributed by atoms with Crippen LogP contribution in [0.25, 0.3) is 0 Å². The molecule has 25 heavy (non-hydrogen) atoms. The maximum atomic E-state index is 12.3. The van der Waals surface area contributed by atoms with Crippen LogP contribution in [0.1, 0.15) is 24.0 Å². The van der Waals surface area contributed by atoms with Gasteiger partial charge in [0.2, 0.25) is 0 Å². The fourth-order valence-electron chi connectivity index (χ4n) is 2.95. The van der Waals surface area contributed by atoms with Crippen LogP contribution in [-0.2, 0) is 12.8 Å². The zero-order chi connectivity index (χ0) is 17.9. The number of rotatable bonds is 3. The van der Waals surface area contributed by atoms with Crippen molar-refractivity contribution in [1.29, 1.82) is 0 Å². The van der Waals surface area contributed by atoms with E-state index in [1.54, 1.807) is 6.07 Å². The largest absolute Gasteiger partial charge is 0.573 e. The Labute approximate surface area is 149 Å². The minimum Gasteiger partial charge on any atom is -0.406 e. The van der Waals surface area contributed by atoms with Crippen molar-refractivity contribution in [3.8, 4) is 5.75 Å². The molecule has 132 valence electrons. The van der Waals surface area contributed by atoms with Gasteiger partial charge < -0.3 is 15.4 Å². The van der Waals surface area contributed by atoms with Gasteiger partial charge in [-0.15, -0.1) is 13.2 Å². The summed E-state index contributed by atoms with van der Waals surface area (Å²) in [6.07, 6.45) is -0.341. The van der Waals surface area contributed by atoms with Gasteiger partial charge in [0.15, 0.2) is 5.11 Å². The third-order valence-electron chi connectivity index (χ3n) is 3.97. The summed E-state index contributed by atoms with van der Waals surface area (Å²) in [6, 6.07) is 11.6. The van der Waals surface area contributed by atoms with Crippen LogP contribution in [0.3, 0.4) is 0 Å². The van der Waals surface area contributed by atoms with Crippen molar-refractivity contribution in [2.75, 3.05) is 10.6 Å². The summed E-state index contributed by atoms with van der Waals surface area (Å²) in [7, 11) is 0. The summed E-state index contributed by atoms with van der Waals surface area (Å²) in [5.74, 6) is -0.294. The Morgan fingerprint density at radius 3 is 2.56 bits per heavy atom. The van der Waals surface area contributed by atoms with Gasteiger partial charge in [0.1, 0.15) is 5.75 Å². The molecule has 0 aliphatic heterocycles. The second-order valence-electron chi connectivity index (χ2n) is 5.81. The molecule has 3 nitrogen and oxygen atoms in total. The highest BCUT2D eigenvalue weighted by Gasteiger charge is 2.31. The molecule has 0 unspecified atom stereocenters. The summed E-state index contributed by atoms with van der Waals surface area (Å²) in [4.78, 5) is 0. The summed E-state index contributed by atoms with van der Waals surface area (Å²) < 4.78 is 40.8. The van der Waals surface area contributed by atoms with E-state index in [1.807, 2.05) is 12.1 Å². The molecule has 1 aliphatic rings. The van der Waals surface area contributed by atoms with E-state index in [9.17, 15) is 13.2 Å². The summed E-state index contributed by atoms with van der Waals surface area (Å²) >= 11 is 5.29. The number of fused-ring (bicyclic) bond motifs is 1. The van der Waals surface area contributed by atoms with Crippen LogP contribution in [0.2, 0.25) is 0 Å². The third-order valence-corrected chi connectivity index (χ3v) is 4.17. The van der Waals surface area contributed by atoms with Crippen molar-refractivity contribution in [2.24, 2.45) is 0 Å². The van der Waals surface area contributed by atoms with Crippen LogP contribution in [0.4, 0.5) is 24.5 Å². The first kappa shape index (κ1) is 17.5. The Balaban J connectivity index is 1.68. The average molecular weight is 366 g/mol. The Hall–Kier alpha value is -2.28. The van der Waals surface area contributed by atoms with Crippen LogP contribution in [0.15, 0.2) is 42.5 Å². The van der Waals surface area contributed by atoms with Gasteiger partial charge in [-0.25, -0.2) is 0 Å². The van der Waals surface area contributed by atoms with E-state index in [2.05, 4.69) is 21.4 Å². The molecule has 0 saturated carbocycles. The number of hydrogen-bond donors (Lipinski definition) is 2. The van der Waals surface area contributed by atoms with Crippen LogP contribution >= 0.6 is 12.2 Å². The molecule has 7 heteroatoms. The number of ether oxygens (including phenoxy) is 1. The first-order chi connectivity index (χ1) is 11.9. The summed E-state index contributed by atoms with van der Waals surface area (Å²) in [6.45, 7) is 0. The van der Waals surface area contributed by atoms with Crippen LogP contribution < -0.4 is 15.4 Å². The number of aryl methyl sites for hydroxylation is 1. The first-order valence-corrected chi connectivity index (χ1v) is 8.36. The molecular formula is C18H17F3N2OS. The molecule has 0 bridgehead atoms. The molecule has 2 aromatic carbocycles. The molecule has 1 aliphatic carbocycles. The van der Waals surface area contributed by atoms with Gasteiger partial charge in [-0.05, 0) is 67.2 Å². The second kappa shape index (κ2) is 7.31. The highest BCUT2D eigenvalue weighted by Crippen LogP contribution is 2.28. The highest BCUT2D eigenvalue weighted by atomic mass is 32.1. The first-order valence-electron chi connectivity index (χ1n) is 7.95. The number of nitrogens with one attached hydrogen (secondary N) is 2. The van der Waals surface area contributed by atoms with Crippen molar-refractivity contribution in [2.45, 2.75) is 32.0 Å². The van der Waals surface area contributed by atoms with Gasteiger partial charge in [-0.3, -0.25) is 0 Å². The lowest BCUT2D eigenvalue weighted by atomic mass is 9.90. The van der Waals surface area contributed by atoms with Gasteiger partial charge in [0, 0.05) is 17.4 Å². The molecule has 0 fully saturated rings. The van der Waals surface area contributed by atoms with Crippen molar-refractivity contribution in [3.05, 3.63) is 53.6 Å². The lowest BCUT2D eigenvalue weighted by Crippen LogP contribution is -2.21. The third kappa shape index (κ3) is 4.85. The number of hydrogen-bond acceptors (Lipinski definition) is 2. The highest BCUT2D eigenvalue weighted by molar-refractivity contribution is 7.80. The van der Waals surface area contributed by atoms with E-state index in [1.165, 1.54) is 35.7 Å².